The summed E-state index contributed by atoms with van der Waals surface area (Å²) in [5.74, 6) is 0.745. The van der Waals surface area contributed by atoms with Gasteiger partial charge in [0.05, 0.1) is 23.2 Å². The number of esters is 1. The summed E-state index contributed by atoms with van der Waals surface area (Å²) < 4.78 is 14.7. The van der Waals surface area contributed by atoms with Crippen LogP contribution >= 0.6 is 0 Å². The largest absolute Gasteiger partial charge is 0.457 e. The number of aliphatic imine (C=N–C) groups is 1. The number of benzene rings is 3. The van der Waals surface area contributed by atoms with Crippen molar-refractivity contribution in [3.63, 3.8) is 0 Å². The van der Waals surface area contributed by atoms with Gasteiger partial charge in [-0.25, -0.2) is 14.5 Å². The molecule has 0 spiro atoms. The molecule has 3 aromatic carbocycles. The van der Waals surface area contributed by atoms with Crippen molar-refractivity contribution in [2.75, 3.05) is 0 Å². The number of ether oxygens (including phenoxy) is 1. The summed E-state index contributed by atoms with van der Waals surface area (Å²) in [6, 6.07) is 29.6. The van der Waals surface area contributed by atoms with Crippen LogP contribution in [0.15, 0.2) is 111 Å². The maximum absolute atomic E-state index is 13.0. The molecule has 0 aliphatic rings. The van der Waals surface area contributed by atoms with Gasteiger partial charge >= 0.3 is 5.97 Å². The molecule has 184 valence electrons. The normalized spacial score (nSPS) is 11.2. The number of hydrogen-bond donors (Lipinski definition) is 0. The van der Waals surface area contributed by atoms with Crippen molar-refractivity contribution < 1.29 is 13.9 Å². The predicted octanol–water partition coefficient (Wildman–Crippen LogP) is 5.85. The van der Waals surface area contributed by atoms with Gasteiger partial charge in [-0.15, -0.1) is 0 Å². The van der Waals surface area contributed by atoms with E-state index in [1.165, 1.54) is 6.21 Å². The minimum Gasteiger partial charge on any atom is -0.457 e. The summed E-state index contributed by atoms with van der Waals surface area (Å²) in [6.07, 6.45) is 1.54. The zero-order chi connectivity index (χ0) is 25.8. The van der Waals surface area contributed by atoms with Crippen molar-refractivity contribution in [1.29, 1.82) is 0 Å². The Labute approximate surface area is 213 Å². The lowest BCUT2D eigenvalue weighted by Gasteiger charge is -2.07. The number of aromatic nitrogens is 2. The lowest BCUT2D eigenvalue weighted by molar-refractivity contribution is 0.0472. The Hall–Kier alpha value is -4.91. The molecule has 37 heavy (non-hydrogen) atoms. The van der Waals surface area contributed by atoms with E-state index >= 15 is 0 Å². The van der Waals surface area contributed by atoms with Crippen LogP contribution in [0.3, 0.4) is 0 Å². The highest BCUT2D eigenvalue weighted by Crippen LogP contribution is 2.23. The average molecular weight is 492 g/mol. The van der Waals surface area contributed by atoms with Gasteiger partial charge in [-0.1, -0.05) is 60.7 Å². The molecule has 7 heteroatoms. The van der Waals surface area contributed by atoms with Crippen LogP contribution in [0.1, 0.15) is 27.4 Å². The Morgan fingerprint density at radius 1 is 0.919 bits per heavy atom. The van der Waals surface area contributed by atoms with Crippen molar-refractivity contribution in [2.45, 2.75) is 13.5 Å². The van der Waals surface area contributed by atoms with Gasteiger partial charge in [-0.3, -0.25) is 9.48 Å². The van der Waals surface area contributed by atoms with Crippen LogP contribution < -0.4 is 5.56 Å². The zero-order valence-corrected chi connectivity index (χ0v) is 20.5. The molecule has 7 nitrogen and oxygen atoms in total. The van der Waals surface area contributed by atoms with Crippen LogP contribution in [0.5, 0.6) is 0 Å². The van der Waals surface area contributed by atoms with Gasteiger partial charge in [0.25, 0.3) is 5.56 Å². The first-order valence-electron chi connectivity index (χ1n) is 11.8. The molecule has 0 saturated heterocycles. The Morgan fingerprint density at radius 2 is 1.59 bits per heavy atom. The second kappa shape index (κ2) is 10.4. The van der Waals surface area contributed by atoms with Gasteiger partial charge < -0.3 is 9.15 Å². The Balaban J connectivity index is 1.29. The lowest BCUT2D eigenvalue weighted by atomic mass is 10.1. The van der Waals surface area contributed by atoms with Gasteiger partial charge in [0.1, 0.15) is 18.1 Å². The van der Waals surface area contributed by atoms with E-state index < -0.39 is 0 Å². The quantitative estimate of drug-likeness (QED) is 0.211. The van der Waals surface area contributed by atoms with Crippen molar-refractivity contribution in [3.05, 3.63) is 130 Å². The second-order valence-corrected chi connectivity index (χ2v) is 8.51. The van der Waals surface area contributed by atoms with Crippen LogP contribution in [0, 0.1) is 6.92 Å². The zero-order valence-electron chi connectivity index (χ0n) is 20.5. The Bertz CT molecular complexity index is 1610. The third-order valence-electron chi connectivity index (χ3n) is 6.09. The number of para-hydroxylation sites is 1. The summed E-state index contributed by atoms with van der Waals surface area (Å²) in [7, 11) is 1.83. The van der Waals surface area contributed by atoms with Crippen LogP contribution in [-0.2, 0) is 18.4 Å². The minimum absolute atomic E-state index is 0.205. The number of furan rings is 1. The van der Waals surface area contributed by atoms with Crippen LogP contribution in [0.2, 0.25) is 0 Å². The fraction of sp³-hybridized carbons (Fsp3) is 0.100. The smallest absolute Gasteiger partial charge is 0.338 e. The number of carbonyl (C=O) groups is 1. The van der Waals surface area contributed by atoms with Crippen LogP contribution in [0.25, 0.3) is 17.0 Å². The molecule has 5 rings (SSSR count). The van der Waals surface area contributed by atoms with Gasteiger partial charge in [0.2, 0.25) is 0 Å². The second-order valence-electron chi connectivity index (χ2n) is 8.51. The number of nitrogens with zero attached hydrogens (tertiary/aromatic N) is 3. The molecule has 0 aliphatic carbocycles. The molecule has 0 bridgehead atoms. The highest BCUT2D eigenvalue weighted by atomic mass is 16.5. The summed E-state index contributed by atoms with van der Waals surface area (Å²) in [5.41, 5.74) is 3.86. The third-order valence-corrected chi connectivity index (χ3v) is 6.09. The Kier molecular flexibility index (Phi) is 6.68. The Morgan fingerprint density at radius 3 is 2.30 bits per heavy atom. The molecule has 2 heterocycles. The van der Waals surface area contributed by atoms with E-state index in [1.54, 1.807) is 39.7 Å². The SMILES string of the molecule is Cc1c(N=Cc2ccc(-c3ccc(C(=O)OCc4ccccc4)cc3)o2)c(=O)n(-c2ccccc2)n1C. The van der Waals surface area contributed by atoms with Crippen molar-refractivity contribution in [1.82, 2.24) is 9.36 Å². The van der Waals surface area contributed by atoms with Crippen molar-refractivity contribution in [3.8, 4) is 17.0 Å². The van der Waals surface area contributed by atoms with E-state index in [2.05, 4.69) is 4.99 Å². The van der Waals surface area contributed by atoms with Gasteiger partial charge in [-0.05, 0) is 48.9 Å². The van der Waals surface area contributed by atoms with Crippen molar-refractivity contribution in [2.24, 2.45) is 12.0 Å². The van der Waals surface area contributed by atoms with Gasteiger partial charge in [0, 0.05) is 12.6 Å². The number of hydrogen-bond acceptors (Lipinski definition) is 5. The van der Waals surface area contributed by atoms with Crippen molar-refractivity contribution >= 4 is 17.9 Å². The highest BCUT2D eigenvalue weighted by Gasteiger charge is 2.15. The first kappa shape index (κ1) is 23.8. The molecule has 0 radical (unpaired) electrons. The minimum atomic E-state index is -0.387. The van der Waals surface area contributed by atoms with E-state index in [1.807, 2.05) is 80.7 Å². The summed E-state index contributed by atoms with van der Waals surface area (Å²) in [5, 5.41) is 0. The topological polar surface area (TPSA) is 78.7 Å². The van der Waals surface area contributed by atoms with Crippen LogP contribution in [-0.4, -0.2) is 21.5 Å². The molecule has 0 saturated carbocycles. The molecule has 0 fully saturated rings. The summed E-state index contributed by atoms with van der Waals surface area (Å²) in [4.78, 5) is 29.8. The highest BCUT2D eigenvalue weighted by molar-refractivity contribution is 5.90. The third kappa shape index (κ3) is 5.06. The van der Waals surface area contributed by atoms with Gasteiger partial charge in [0.15, 0.2) is 5.69 Å². The first-order chi connectivity index (χ1) is 18.0. The summed E-state index contributed by atoms with van der Waals surface area (Å²) >= 11 is 0. The maximum Gasteiger partial charge on any atom is 0.338 e. The molecule has 0 atom stereocenters. The first-order valence-corrected chi connectivity index (χ1v) is 11.8. The van der Waals surface area contributed by atoms with E-state index in [0.717, 1.165) is 22.5 Å². The van der Waals surface area contributed by atoms with E-state index in [-0.39, 0.29) is 18.1 Å². The predicted molar refractivity (Wildman–Crippen MR) is 143 cm³/mol. The fourth-order valence-corrected chi connectivity index (χ4v) is 3.99. The van der Waals surface area contributed by atoms with E-state index in [9.17, 15) is 9.59 Å². The average Bonchev–Trinajstić information content (AvgIpc) is 3.49. The summed E-state index contributed by atoms with van der Waals surface area (Å²) in [6.45, 7) is 2.08. The molecule has 5 aromatic rings. The van der Waals surface area contributed by atoms with Gasteiger partial charge in [-0.2, -0.15) is 0 Å². The van der Waals surface area contributed by atoms with E-state index in [0.29, 0.717) is 22.8 Å². The molecule has 0 aliphatic heterocycles. The maximum atomic E-state index is 13.0. The molecular weight excluding hydrogens is 466 g/mol. The molecule has 0 unspecified atom stereocenters. The fourth-order valence-electron chi connectivity index (χ4n) is 3.99. The molecule has 0 amide bonds. The standard InChI is InChI=1S/C30H25N3O4/c1-21-28(29(34)33(32(21)2)25-11-7-4-8-12-25)31-19-26-17-18-27(37-26)23-13-15-24(16-14-23)30(35)36-20-22-9-5-3-6-10-22/h3-19H,20H2,1-2H3. The number of rotatable bonds is 7. The molecule has 2 aromatic heterocycles. The lowest BCUT2D eigenvalue weighted by Crippen LogP contribution is -2.19. The monoisotopic (exact) mass is 491 g/mol. The van der Waals surface area contributed by atoms with E-state index in [4.69, 9.17) is 9.15 Å². The molecule has 0 N–H and O–H groups in total. The number of carbonyl (C=O) groups excluding carboxylic acids is 1. The van der Waals surface area contributed by atoms with Crippen LogP contribution in [0.4, 0.5) is 5.69 Å². The molecular formula is C30H25N3O4.